The number of hydrogen-bond donors (Lipinski definition) is 2. The van der Waals surface area contributed by atoms with E-state index in [9.17, 15) is 0 Å². The van der Waals surface area contributed by atoms with Crippen LogP contribution in [-0.4, -0.2) is 31.0 Å². The molecular weight excluding hydrogens is 176 g/mol. The van der Waals surface area contributed by atoms with E-state index >= 15 is 0 Å². The molecule has 0 radical (unpaired) electrons. The van der Waals surface area contributed by atoms with E-state index in [0.717, 1.165) is 19.0 Å². The molecule has 0 bridgehead atoms. The fourth-order valence-electron chi connectivity index (χ4n) is 1.05. The average molecular weight is 200 g/mol. The molecule has 0 aromatic heterocycles. The predicted octanol–water partition coefficient (Wildman–Crippen LogP) is 1.19. The minimum absolute atomic E-state index is 0.568. The Hall–Kier alpha value is -0.770. The molecule has 0 aliphatic heterocycles. The normalized spacial score (nSPS) is 12.0. The second-order valence-corrected chi connectivity index (χ2v) is 3.98. The summed E-state index contributed by atoms with van der Waals surface area (Å²) in [6.45, 7) is 8.27. The van der Waals surface area contributed by atoms with Crippen LogP contribution in [0.4, 0.5) is 0 Å². The number of hydrazine groups is 1. The van der Waals surface area contributed by atoms with Gasteiger partial charge in [0.05, 0.1) is 0 Å². The van der Waals surface area contributed by atoms with Crippen molar-refractivity contribution in [3.63, 3.8) is 0 Å². The Morgan fingerprint density at radius 1 is 1.50 bits per heavy atom. The van der Waals surface area contributed by atoms with Crippen molar-refractivity contribution in [1.82, 2.24) is 10.3 Å². The minimum Gasteiger partial charge on any atom is -0.345 e. The molecule has 0 aromatic rings. The topological polar surface area (TPSA) is 53.6 Å². The Kier molecular flexibility index (Phi) is 7.20. The van der Waals surface area contributed by atoms with E-state index in [2.05, 4.69) is 36.1 Å². The van der Waals surface area contributed by atoms with Crippen molar-refractivity contribution in [3.05, 3.63) is 0 Å². The van der Waals surface area contributed by atoms with Crippen molar-refractivity contribution in [2.45, 2.75) is 33.6 Å². The highest BCUT2D eigenvalue weighted by Gasteiger charge is 2.03. The summed E-state index contributed by atoms with van der Waals surface area (Å²) < 4.78 is 0. The van der Waals surface area contributed by atoms with Gasteiger partial charge in [0.25, 0.3) is 0 Å². The summed E-state index contributed by atoms with van der Waals surface area (Å²) in [6, 6.07) is 0. The molecule has 0 aliphatic rings. The monoisotopic (exact) mass is 200 g/mol. The van der Waals surface area contributed by atoms with E-state index in [-0.39, 0.29) is 0 Å². The summed E-state index contributed by atoms with van der Waals surface area (Å²) in [6.07, 6.45) is 2.35. The Morgan fingerprint density at radius 3 is 2.57 bits per heavy atom. The molecule has 4 nitrogen and oxygen atoms in total. The van der Waals surface area contributed by atoms with Crippen molar-refractivity contribution >= 4 is 5.96 Å². The molecule has 0 spiro atoms. The molecule has 0 saturated heterocycles. The zero-order valence-electron chi connectivity index (χ0n) is 9.88. The van der Waals surface area contributed by atoms with Crippen molar-refractivity contribution in [1.29, 1.82) is 0 Å². The molecule has 0 heterocycles. The van der Waals surface area contributed by atoms with Gasteiger partial charge in [0.2, 0.25) is 5.96 Å². The Labute approximate surface area is 87.5 Å². The van der Waals surface area contributed by atoms with E-state index in [1.54, 1.807) is 0 Å². The molecular formula is C10H24N4. The maximum absolute atomic E-state index is 5.41. The largest absolute Gasteiger partial charge is 0.345 e. The van der Waals surface area contributed by atoms with Crippen molar-refractivity contribution in [3.8, 4) is 0 Å². The lowest BCUT2D eigenvalue weighted by atomic mass is 10.2. The van der Waals surface area contributed by atoms with Gasteiger partial charge in [-0.1, -0.05) is 27.2 Å². The standard InChI is InChI=1S/C10H24N4/c1-5-6-7-14(4)10(13-11)12-8-9(2)3/h9H,5-8,11H2,1-4H3,(H,12,13). The number of unbranched alkanes of at least 4 members (excludes halogenated alkanes) is 1. The molecule has 0 atom stereocenters. The average Bonchev–Trinajstić information content (AvgIpc) is 2.15. The van der Waals surface area contributed by atoms with Gasteiger partial charge in [0.15, 0.2) is 0 Å². The third-order valence-electron chi connectivity index (χ3n) is 1.94. The quantitative estimate of drug-likeness (QED) is 0.303. The summed E-state index contributed by atoms with van der Waals surface area (Å²) in [5.41, 5.74) is 2.64. The van der Waals surface area contributed by atoms with Gasteiger partial charge >= 0.3 is 0 Å². The molecule has 0 amide bonds. The first-order valence-corrected chi connectivity index (χ1v) is 5.34. The maximum Gasteiger partial charge on any atom is 0.208 e. The fourth-order valence-corrected chi connectivity index (χ4v) is 1.05. The number of guanidine groups is 1. The summed E-state index contributed by atoms with van der Waals surface area (Å²) >= 11 is 0. The van der Waals surface area contributed by atoms with Crippen LogP contribution in [0.2, 0.25) is 0 Å². The molecule has 4 heteroatoms. The van der Waals surface area contributed by atoms with Crippen LogP contribution in [0, 0.1) is 5.92 Å². The van der Waals surface area contributed by atoms with Crippen LogP contribution in [0.1, 0.15) is 33.6 Å². The lowest BCUT2D eigenvalue weighted by Crippen LogP contribution is -2.43. The van der Waals surface area contributed by atoms with Gasteiger partial charge in [-0.15, -0.1) is 0 Å². The molecule has 0 unspecified atom stereocenters. The highest BCUT2D eigenvalue weighted by atomic mass is 15.4. The third kappa shape index (κ3) is 5.80. The molecule has 0 aliphatic carbocycles. The van der Waals surface area contributed by atoms with Gasteiger partial charge in [0, 0.05) is 20.1 Å². The molecule has 84 valence electrons. The van der Waals surface area contributed by atoms with E-state index < -0.39 is 0 Å². The van der Waals surface area contributed by atoms with E-state index in [1.165, 1.54) is 12.8 Å². The molecule has 0 saturated carbocycles. The lowest BCUT2D eigenvalue weighted by Gasteiger charge is -2.20. The zero-order chi connectivity index (χ0) is 11.0. The second-order valence-electron chi connectivity index (χ2n) is 3.98. The van der Waals surface area contributed by atoms with Crippen LogP contribution in [0.25, 0.3) is 0 Å². The highest BCUT2D eigenvalue weighted by Crippen LogP contribution is 1.95. The Balaban J connectivity index is 4.03. The molecule has 0 fully saturated rings. The second kappa shape index (κ2) is 7.62. The van der Waals surface area contributed by atoms with Crippen LogP contribution in [-0.2, 0) is 0 Å². The van der Waals surface area contributed by atoms with Crippen molar-refractivity contribution in [2.75, 3.05) is 20.1 Å². The van der Waals surface area contributed by atoms with Gasteiger partial charge in [-0.25, -0.2) is 5.84 Å². The summed E-state index contributed by atoms with van der Waals surface area (Å²) in [5.74, 6) is 6.76. The smallest absolute Gasteiger partial charge is 0.208 e. The van der Waals surface area contributed by atoms with Crippen LogP contribution in [0.5, 0.6) is 0 Å². The van der Waals surface area contributed by atoms with Crippen molar-refractivity contribution < 1.29 is 0 Å². The van der Waals surface area contributed by atoms with Crippen LogP contribution in [0.3, 0.4) is 0 Å². The lowest BCUT2D eigenvalue weighted by molar-refractivity contribution is 0.462. The van der Waals surface area contributed by atoms with Crippen LogP contribution >= 0.6 is 0 Å². The SMILES string of the molecule is CCCCN(C)C(=NCC(C)C)NN. The van der Waals surface area contributed by atoms with E-state index in [0.29, 0.717) is 5.92 Å². The molecule has 0 aromatic carbocycles. The number of nitrogens with one attached hydrogen (secondary N) is 1. The number of nitrogens with zero attached hydrogens (tertiary/aromatic N) is 2. The summed E-state index contributed by atoms with van der Waals surface area (Å²) in [4.78, 5) is 6.46. The number of hydrogen-bond acceptors (Lipinski definition) is 2. The first-order chi connectivity index (χ1) is 6.61. The van der Waals surface area contributed by atoms with Gasteiger partial charge in [-0.3, -0.25) is 10.4 Å². The highest BCUT2D eigenvalue weighted by molar-refractivity contribution is 5.79. The zero-order valence-corrected chi connectivity index (χ0v) is 9.88. The van der Waals surface area contributed by atoms with Crippen molar-refractivity contribution in [2.24, 2.45) is 16.8 Å². The predicted molar refractivity (Wildman–Crippen MR) is 62.0 cm³/mol. The number of nitrogens with two attached hydrogens (primary N) is 1. The summed E-state index contributed by atoms with van der Waals surface area (Å²) in [7, 11) is 2.01. The number of rotatable bonds is 5. The Bertz CT molecular complexity index is 166. The van der Waals surface area contributed by atoms with E-state index in [4.69, 9.17) is 5.84 Å². The first-order valence-electron chi connectivity index (χ1n) is 5.34. The van der Waals surface area contributed by atoms with Gasteiger partial charge in [-0.05, 0) is 12.3 Å². The maximum atomic E-state index is 5.41. The van der Waals surface area contributed by atoms with E-state index in [1.807, 2.05) is 7.05 Å². The molecule has 3 N–H and O–H groups in total. The number of aliphatic imine (C=N–C) groups is 1. The van der Waals surface area contributed by atoms with Gasteiger partial charge in [-0.2, -0.15) is 0 Å². The third-order valence-corrected chi connectivity index (χ3v) is 1.94. The minimum atomic E-state index is 0.568. The van der Waals surface area contributed by atoms with Gasteiger partial charge in [0.1, 0.15) is 0 Å². The van der Waals surface area contributed by atoms with Gasteiger partial charge < -0.3 is 4.90 Å². The Morgan fingerprint density at radius 2 is 2.14 bits per heavy atom. The molecule has 0 rings (SSSR count). The summed E-state index contributed by atoms with van der Waals surface area (Å²) in [5, 5.41) is 0. The first kappa shape index (κ1) is 13.2. The fraction of sp³-hybridized carbons (Fsp3) is 0.900. The van der Waals surface area contributed by atoms with Crippen LogP contribution < -0.4 is 11.3 Å². The van der Waals surface area contributed by atoms with Crippen LogP contribution in [0.15, 0.2) is 4.99 Å². The molecule has 14 heavy (non-hydrogen) atoms.